The van der Waals surface area contributed by atoms with Crippen LogP contribution in [0.25, 0.3) is 0 Å². The monoisotopic (exact) mass is 284 g/mol. The van der Waals surface area contributed by atoms with Gasteiger partial charge in [0.05, 0.1) is 5.60 Å². The maximum absolute atomic E-state index is 10.6. The summed E-state index contributed by atoms with van der Waals surface area (Å²) in [5, 5.41) is 10.6. The summed E-state index contributed by atoms with van der Waals surface area (Å²) in [6, 6.07) is 7.94. The summed E-state index contributed by atoms with van der Waals surface area (Å²) < 4.78 is 1.04. The van der Waals surface area contributed by atoms with Crippen molar-refractivity contribution >= 4 is 15.9 Å². The van der Waals surface area contributed by atoms with Crippen molar-refractivity contribution in [3.05, 3.63) is 34.3 Å². The van der Waals surface area contributed by atoms with Crippen molar-refractivity contribution in [3.63, 3.8) is 0 Å². The first-order chi connectivity index (χ1) is 7.39. The zero-order valence-electron chi connectivity index (χ0n) is 10.5. The second kappa shape index (κ2) is 5.33. The highest BCUT2D eigenvalue weighted by Gasteiger charge is 2.33. The minimum atomic E-state index is -0.754. The Morgan fingerprint density at radius 1 is 1.25 bits per heavy atom. The predicted molar refractivity (Wildman–Crippen MR) is 72.3 cm³/mol. The molecule has 0 fully saturated rings. The molecule has 0 saturated carbocycles. The van der Waals surface area contributed by atoms with Crippen molar-refractivity contribution in [2.75, 3.05) is 0 Å². The fourth-order valence-electron chi connectivity index (χ4n) is 1.96. The van der Waals surface area contributed by atoms with E-state index in [1.807, 2.05) is 31.2 Å². The van der Waals surface area contributed by atoms with E-state index in [0.717, 1.165) is 16.5 Å². The van der Waals surface area contributed by atoms with E-state index in [0.29, 0.717) is 5.92 Å². The van der Waals surface area contributed by atoms with Crippen LogP contribution in [-0.2, 0) is 5.60 Å². The predicted octanol–water partition coefficient (Wildman–Crippen LogP) is 4.34. The van der Waals surface area contributed by atoms with Crippen LogP contribution < -0.4 is 0 Å². The van der Waals surface area contributed by atoms with E-state index in [-0.39, 0.29) is 5.92 Å². The SMILES string of the molecule is CC[C@H](C)C(C)[C@@](C)(O)c1ccc(Br)cc1. The van der Waals surface area contributed by atoms with E-state index in [1.165, 1.54) is 0 Å². The first kappa shape index (κ1) is 13.7. The lowest BCUT2D eigenvalue weighted by Crippen LogP contribution is -2.33. The van der Waals surface area contributed by atoms with Crippen molar-refractivity contribution in [2.45, 2.75) is 39.7 Å². The van der Waals surface area contributed by atoms with Gasteiger partial charge in [0.2, 0.25) is 0 Å². The zero-order chi connectivity index (χ0) is 12.3. The number of hydrogen-bond acceptors (Lipinski definition) is 1. The van der Waals surface area contributed by atoms with Crippen molar-refractivity contribution < 1.29 is 5.11 Å². The summed E-state index contributed by atoms with van der Waals surface area (Å²) in [5.41, 5.74) is 0.236. The normalized spacial score (nSPS) is 18.9. The van der Waals surface area contributed by atoms with Crippen LogP contribution in [0.4, 0.5) is 0 Å². The summed E-state index contributed by atoms with van der Waals surface area (Å²) in [7, 11) is 0. The first-order valence-electron chi connectivity index (χ1n) is 5.88. The molecule has 1 unspecified atom stereocenters. The van der Waals surface area contributed by atoms with Gasteiger partial charge in [0.1, 0.15) is 0 Å². The summed E-state index contributed by atoms with van der Waals surface area (Å²) >= 11 is 3.41. The molecule has 0 aliphatic carbocycles. The minimum absolute atomic E-state index is 0.249. The van der Waals surface area contributed by atoms with Gasteiger partial charge in [-0.05, 0) is 36.5 Å². The molecular formula is C14H21BrO. The van der Waals surface area contributed by atoms with E-state index in [4.69, 9.17) is 0 Å². The number of hydrogen-bond donors (Lipinski definition) is 1. The number of benzene rings is 1. The van der Waals surface area contributed by atoms with Crippen LogP contribution >= 0.6 is 15.9 Å². The number of aliphatic hydroxyl groups is 1. The third kappa shape index (κ3) is 2.86. The molecule has 1 N–H and O–H groups in total. The van der Waals surface area contributed by atoms with Crippen LogP contribution in [0.3, 0.4) is 0 Å². The summed E-state index contributed by atoms with van der Waals surface area (Å²) in [5.74, 6) is 0.761. The topological polar surface area (TPSA) is 20.2 Å². The van der Waals surface area contributed by atoms with Crippen molar-refractivity contribution in [3.8, 4) is 0 Å². The van der Waals surface area contributed by atoms with Gasteiger partial charge in [-0.1, -0.05) is 55.3 Å². The van der Waals surface area contributed by atoms with Crippen LogP contribution in [0.5, 0.6) is 0 Å². The van der Waals surface area contributed by atoms with Crippen molar-refractivity contribution in [1.29, 1.82) is 0 Å². The second-order valence-corrected chi connectivity index (χ2v) is 5.74. The Morgan fingerprint density at radius 2 is 1.75 bits per heavy atom. The van der Waals surface area contributed by atoms with Gasteiger partial charge in [-0.15, -0.1) is 0 Å². The van der Waals surface area contributed by atoms with E-state index in [9.17, 15) is 5.11 Å². The van der Waals surface area contributed by atoms with Gasteiger partial charge in [0.25, 0.3) is 0 Å². The molecule has 1 aromatic carbocycles. The van der Waals surface area contributed by atoms with Crippen LogP contribution in [0.2, 0.25) is 0 Å². The fourth-order valence-corrected chi connectivity index (χ4v) is 2.22. The standard InChI is InChI=1S/C14H21BrO/c1-5-10(2)11(3)14(4,16)12-6-8-13(15)9-7-12/h6-11,16H,5H2,1-4H3/t10-,11?,14+/m0/s1. The van der Waals surface area contributed by atoms with E-state index in [1.54, 1.807) is 0 Å². The smallest absolute Gasteiger partial charge is 0.0896 e. The highest BCUT2D eigenvalue weighted by molar-refractivity contribution is 9.10. The van der Waals surface area contributed by atoms with E-state index >= 15 is 0 Å². The third-order valence-electron chi connectivity index (χ3n) is 3.81. The molecule has 0 saturated heterocycles. The Morgan fingerprint density at radius 3 is 2.19 bits per heavy atom. The molecule has 1 nitrogen and oxygen atoms in total. The largest absolute Gasteiger partial charge is 0.385 e. The average molecular weight is 285 g/mol. The van der Waals surface area contributed by atoms with E-state index in [2.05, 4.69) is 36.7 Å². The molecule has 1 aromatic rings. The van der Waals surface area contributed by atoms with Crippen molar-refractivity contribution in [2.24, 2.45) is 11.8 Å². The molecule has 0 amide bonds. The molecule has 0 radical (unpaired) electrons. The molecule has 16 heavy (non-hydrogen) atoms. The molecule has 1 rings (SSSR count). The second-order valence-electron chi connectivity index (χ2n) is 4.83. The van der Waals surface area contributed by atoms with Gasteiger partial charge in [-0.2, -0.15) is 0 Å². The van der Waals surface area contributed by atoms with Gasteiger partial charge >= 0.3 is 0 Å². The van der Waals surface area contributed by atoms with Gasteiger partial charge < -0.3 is 5.11 Å². The van der Waals surface area contributed by atoms with Gasteiger partial charge in [-0.25, -0.2) is 0 Å². The highest BCUT2D eigenvalue weighted by Crippen LogP contribution is 2.35. The molecule has 0 aliphatic rings. The van der Waals surface area contributed by atoms with Gasteiger partial charge in [0.15, 0.2) is 0 Å². The Bertz CT molecular complexity index is 329. The molecule has 3 atom stereocenters. The van der Waals surface area contributed by atoms with E-state index < -0.39 is 5.60 Å². The Kier molecular flexibility index (Phi) is 4.57. The van der Waals surface area contributed by atoms with Crippen LogP contribution in [-0.4, -0.2) is 5.11 Å². The molecular weight excluding hydrogens is 264 g/mol. The maximum atomic E-state index is 10.6. The Hall–Kier alpha value is -0.340. The number of rotatable bonds is 4. The zero-order valence-corrected chi connectivity index (χ0v) is 12.1. The molecule has 2 heteroatoms. The van der Waals surface area contributed by atoms with Gasteiger partial charge in [0, 0.05) is 4.47 Å². The highest BCUT2D eigenvalue weighted by atomic mass is 79.9. The molecule has 0 spiro atoms. The Labute approximate surface area is 107 Å². The van der Waals surface area contributed by atoms with Crippen LogP contribution in [0, 0.1) is 11.8 Å². The first-order valence-corrected chi connectivity index (χ1v) is 6.67. The van der Waals surface area contributed by atoms with Gasteiger partial charge in [-0.3, -0.25) is 0 Å². The number of halogens is 1. The molecule has 90 valence electrons. The molecule has 0 bridgehead atoms. The van der Waals surface area contributed by atoms with Crippen molar-refractivity contribution in [1.82, 2.24) is 0 Å². The average Bonchev–Trinajstić information content (AvgIpc) is 2.27. The Balaban J connectivity index is 2.96. The fraction of sp³-hybridized carbons (Fsp3) is 0.571. The molecule has 0 aliphatic heterocycles. The molecule has 0 heterocycles. The van der Waals surface area contributed by atoms with Crippen LogP contribution in [0.15, 0.2) is 28.7 Å². The lowest BCUT2D eigenvalue weighted by molar-refractivity contribution is -0.0212. The summed E-state index contributed by atoms with van der Waals surface area (Å²) in [6.45, 7) is 8.39. The lowest BCUT2D eigenvalue weighted by Gasteiger charge is -2.34. The molecule has 0 aromatic heterocycles. The summed E-state index contributed by atoms with van der Waals surface area (Å²) in [6.07, 6.45) is 1.09. The lowest BCUT2D eigenvalue weighted by atomic mass is 9.76. The minimum Gasteiger partial charge on any atom is -0.385 e. The van der Waals surface area contributed by atoms with Crippen LogP contribution in [0.1, 0.15) is 39.7 Å². The maximum Gasteiger partial charge on any atom is 0.0896 e. The third-order valence-corrected chi connectivity index (χ3v) is 4.34. The summed E-state index contributed by atoms with van der Waals surface area (Å²) in [4.78, 5) is 0. The quantitative estimate of drug-likeness (QED) is 0.872.